The van der Waals surface area contributed by atoms with Crippen LogP contribution >= 0.6 is 15.9 Å². The first kappa shape index (κ1) is 12.0. The van der Waals surface area contributed by atoms with Crippen molar-refractivity contribution in [2.24, 2.45) is 11.8 Å². The van der Waals surface area contributed by atoms with Crippen LogP contribution in [0.5, 0.6) is 0 Å². The fourth-order valence-electron chi connectivity index (χ4n) is 3.25. The van der Waals surface area contributed by atoms with Gasteiger partial charge in [0, 0.05) is 23.8 Å². The van der Waals surface area contributed by atoms with Crippen LogP contribution in [0, 0.1) is 11.8 Å². The van der Waals surface area contributed by atoms with Crippen LogP contribution in [0.2, 0.25) is 0 Å². The smallest absolute Gasteiger partial charge is 0.339 e. The van der Waals surface area contributed by atoms with Crippen molar-refractivity contribution in [2.75, 3.05) is 18.0 Å². The molecule has 1 aliphatic heterocycles. The number of anilines is 1. The van der Waals surface area contributed by atoms with E-state index in [1.807, 2.05) is 0 Å². The second kappa shape index (κ2) is 4.53. The maximum Gasteiger partial charge on any atom is 0.339 e. The van der Waals surface area contributed by atoms with Gasteiger partial charge in [-0.15, -0.1) is 0 Å². The van der Waals surface area contributed by atoms with E-state index >= 15 is 0 Å². The molecule has 96 valence electrons. The number of nitrogens with zero attached hydrogens (tertiary/aromatic N) is 2. The molecular weight excluding hydrogens is 296 g/mol. The maximum atomic E-state index is 11.3. The van der Waals surface area contributed by atoms with E-state index in [1.165, 1.54) is 19.3 Å². The van der Waals surface area contributed by atoms with Gasteiger partial charge in [0.05, 0.1) is 0 Å². The highest BCUT2D eigenvalue weighted by molar-refractivity contribution is 9.10. The Bertz CT molecular complexity index is 480. The molecule has 2 fully saturated rings. The van der Waals surface area contributed by atoms with E-state index in [-0.39, 0.29) is 0 Å². The van der Waals surface area contributed by atoms with Gasteiger partial charge < -0.3 is 10.0 Å². The van der Waals surface area contributed by atoms with Crippen molar-refractivity contribution in [3.8, 4) is 0 Å². The minimum atomic E-state index is -0.907. The van der Waals surface area contributed by atoms with Crippen molar-refractivity contribution in [3.05, 3.63) is 22.3 Å². The SMILES string of the molecule is O=C(O)c1cc(Br)cnc1N1CC2CCCC2C1. The van der Waals surface area contributed by atoms with E-state index in [0.29, 0.717) is 15.9 Å². The van der Waals surface area contributed by atoms with Gasteiger partial charge in [-0.05, 0) is 46.7 Å². The Morgan fingerprint density at radius 3 is 2.67 bits per heavy atom. The van der Waals surface area contributed by atoms with Crippen LogP contribution in [0.1, 0.15) is 29.6 Å². The van der Waals surface area contributed by atoms with Gasteiger partial charge in [-0.1, -0.05) is 6.42 Å². The largest absolute Gasteiger partial charge is 0.478 e. The second-order valence-corrected chi connectivity index (χ2v) is 6.10. The summed E-state index contributed by atoms with van der Waals surface area (Å²) in [4.78, 5) is 17.7. The zero-order valence-electron chi connectivity index (χ0n) is 9.97. The molecule has 1 saturated carbocycles. The molecule has 1 aliphatic carbocycles. The van der Waals surface area contributed by atoms with Crippen molar-refractivity contribution in [1.82, 2.24) is 4.98 Å². The van der Waals surface area contributed by atoms with E-state index in [9.17, 15) is 9.90 Å². The van der Waals surface area contributed by atoms with Gasteiger partial charge in [-0.3, -0.25) is 0 Å². The molecule has 0 radical (unpaired) electrons. The number of aromatic carboxylic acids is 1. The molecule has 0 aromatic carbocycles. The molecule has 2 unspecified atom stereocenters. The highest BCUT2D eigenvalue weighted by Gasteiger charge is 2.37. The van der Waals surface area contributed by atoms with E-state index < -0.39 is 5.97 Å². The van der Waals surface area contributed by atoms with Gasteiger partial charge in [0.15, 0.2) is 0 Å². The van der Waals surface area contributed by atoms with E-state index in [0.717, 1.165) is 24.9 Å². The number of carboxylic acids is 1. The molecular formula is C13H15BrN2O2. The lowest BCUT2D eigenvalue weighted by atomic mass is 10.0. The molecule has 5 heteroatoms. The fraction of sp³-hybridized carbons (Fsp3) is 0.538. The number of hydrogen-bond acceptors (Lipinski definition) is 3. The minimum Gasteiger partial charge on any atom is -0.478 e. The van der Waals surface area contributed by atoms with Crippen LogP contribution in [0.15, 0.2) is 16.7 Å². The molecule has 3 rings (SSSR count). The number of halogens is 1. The first-order valence-electron chi connectivity index (χ1n) is 6.29. The van der Waals surface area contributed by atoms with Gasteiger partial charge >= 0.3 is 5.97 Å². The highest BCUT2D eigenvalue weighted by atomic mass is 79.9. The van der Waals surface area contributed by atoms with Gasteiger partial charge in [0.1, 0.15) is 11.4 Å². The van der Waals surface area contributed by atoms with E-state index in [1.54, 1.807) is 12.3 Å². The third-order valence-electron chi connectivity index (χ3n) is 4.09. The molecule has 2 atom stereocenters. The van der Waals surface area contributed by atoms with Crippen molar-refractivity contribution in [3.63, 3.8) is 0 Å². The first-order chi connectivity index (χ1) is 8.65. The Balaban J connectivity index is 1.90. The molecule has 2 aliphatic rings. The topological polar surface area (TPSA) is 53.4 Å². The monoisotopic (exact) mass is 310 g/mol. The van der Waals surface area contributed by atoms with Crippen LogP contribution in [0.25, 0.3) is 0 Å². The third-order valence-corrected chi connectivity index (χ3v) is 4.52. The zero-order chi connectivity index (χ0) is 12.7. The van der Waals surface area contributed by atoms with E-state index in [4.69, 9.17) is 0 Å². The lowest BCUT2D eigenvalue weighted by Gasteiger charge is -2.20. The maximum absolute atomic E-state index is 11.3. The standard InChI is InChI=1S/C13H15BrN2O2/c14-10-4-11(13(17)18)12(15-5-10)16-6-8-2-1-3-9(8)7-16/h4-5,8-9H,1-3,6-7H2,(H,17,18). The molecule has 18 heavy (non-hydrogen) atoms. The fourth-order valence-corrected chi connectivity index (χ4v) is 3.58. The summed E-state index contributed by atoms with van der Waals surface area (Å²) in [5, 5.41) is 9.27. The zero-order valence-corrected chi connectivity index (χ0v) is 11.6. The molecule has 0 amide bonds. The number of pyridine rings is 1. The molecule has 1 aromatic rings. The summed E-state index contributed by atoms with van der Waals surface area (Å²) in [6, 6.07) is 1.64. The minimum absolute atomic E-state index is 0.296. The number of carboxylic acid groups (broad SMARTS) is 1. The van der Waals surface area contributed by atoms with Gasteiger partial charge in [0.2, 0.25) is 0 Å². The van der Waals surface area contributed by atoms with Crippen LogP contribution in [0.4, 0.5) is 5.82 Å². The lowest BCUT2D eigenvalue weighted by molar-refractivity contribution is 0.0697. The Labute approximate surface area is 114 Å². The number of aromatic nitrogens is 1. The summed E-state index contributed by atoms with van der Waals surface area (Å²) in [6.45, 7) is 1.92. The summed E-state index contributed by atoms with van der Waals surface area (Å²) < 4.78 is 0.711. The average molecular weight is 311 g/mol. The summed E-state index contributed by atoms with van der Waals surface area (Å²) in [6.07, 6.45) is 5.55. The quantitative estimate of drug-likeness (QED) is 0.912. The summed E-state index contributed by atoms with van der Waals surface area (Å²) in [7, 11) is 0. The molecule has 0 spiro atoms. The average Bonchev–Trinajstić information content (AvgIpc) is 2.88. The molecule has 1 saturated heterocycles. The third kappa shape index (κ3) is 2.00. The van der Waals surface area contributed by atoms with Crippen LogP contribution in [-0.4, -0.2) is 29.1 Å². The number of rotatable bonds is 2. The second-order valence-electron chi connectivity index (χ2n) is 5.19. The summed E-state index contributed by atoms with van der Waals surface area (Å²) in [5.41, 5.74) is 0.296. The normalized spacial score (nSPS) is 26.4. The molecule has 1 aromatic heterocycles. The molecule has 4 nitrogen and oxygen atoms in total. The van der Waals surface area contributed by atoms with Gasteiger partial charge in [-0.25, -0.2) is 9.78 Å². The van der Waals surface area contributed by atoms with E-state index in [2.05, 4.69) is 25.8 Å². The predicted octanol–water partition coefficient (Wildman–Crippen LogP) is 2.78. The van der Waals surface area contributed by atoms with Crippen LogP contribution in [-0.2, 0) is 0 Å². The van der Waals surface area contributed by atoms with Gasteiger partial charge in [0.25, 0.3) is 0 Å². The summed E-state index contributed by atoms with van der Waals surface area (Å²) in [5.74, 6) is 1.19. The number of fused-ring (bicyclic) bond motifs is 1. The summed E-state index contributed by atoms with van der Waals surface area (Å²) >= 11 is 3.28. The number of carbonyl (C=O) groups is 1. The molecule has 2 heterocycles. The Morgan fingerprint density at radius 2 is 2.06 bits per heavy atom. The van der Waals surface area contributed by atoms with Crippen LogP contribution < -0.4 is 4.90 Å². The highest BCUT2D eigenvalue weighted by Crippen LogP contribution is 2.39. The Kier molecular flexibility index (Phi) is 3.01. The first-order valence-corrected chi connectivity index (χ1v) is 7.08. The Morgan fingerprint density at radius 1 is 1.39 bits per heavy atom. The van der Waals surface area contributed by atoms with Crippen LogP contribution in [0.3, 0.4) is 0 Å². The Hall–Kier alpha value is -1.10. The van der Waals surface area contributed by atoms with Crippen molar-refractivity contribution < 1.29 is 9.90 Å². The van der Waals surface area contributed by atoms with Crippen molar-refractivity contribution in [1.29, 1.82) is 0 Å². The van der Waals surface area contributed by atoms with Gasteiger partial charge in [-0.2, -0.15) is 0 Å². The molecule has 1 N–H and O–H groups in total. The molecule has 0 bridgehead atoms. The van der Waals surface area contributed by atoms with Crippen molar-refractivity contribution in [2.45, 2.75) is 19.3 Å². The number of hydrogen-bond donors (Lipinski definition) is 1. The predicted molar refractivity (Wildman–Crippen MR) is 71.9 cm³/mol. The lowest BCUT2D eigenvalue weighted by Crippen LogP contribution is -2.24. The van der Waals surface area contributed by atoms with Crippen molar-refractivity contribution >= 4 is 27.7 Å².